The molecule has 5 aliphatic rings. The van der Waals surface area contributed by atoms with Crippen LogP contribution in [0.2, 0.25) is 0 Å². The molecule has 22 heteroatoms. The first kappa shape index (κ1) is 61.0. The second kappa shape index (κ2) is 22.5. The van der Waals surface area contributed by atoms with Crippen molar-refractivity contribution < 1.29 is 88.2 Å². The van der Waals surface area contributed by atoms with E-state index in [-0.39, 0.29) is 132 Å². The quantitative estimate of drug-likeness (QED) is 0.0949. The Morgan fingerprint density at radius 1 is 0.725 bits per heavy atom. The van der Waals surface area contributed by atoms with Gasteiger partial charge in [-0.15, -0.1) is 0 Å². The van der Waals surface area contributed by atoms with Crippen LogP contribution in [0.4, 0.5) is 0 Å². The first-order valence-electron chi connectivity index (χ1n) is 22.7. The molecule has 0 aromatic carbocycles. The van der Waals surface area contributed by atoms with Crippen LogP contribution in [0, 0.1) is 45.3 Å². The summed E-state index contributed by atoms with van der Waals surface area (Å²) in [5, 5.41) is 18.2. The number of carbonyl (C=O) groups excluding carboxylic acids is 7. The number of amides is 7. The van der Waals surface area contributed by atoms with Gasteiger partial charge in [0.2, 0.25) is 41.4 Å². The van der Waals surface area contributed by atoms with Gasteiger partial charge in [0.05, 0.1) is 18.1 Å². The number of primary amides is 6. The van der Waals surface area contributed by atoms with E-state index in [2.05, 4.69) is 5.32 Å². The summed E-state index contributed by atoms with van der Waals surface area (Å²) in [4.78, 5) is 108. The van der Waals surface area contributed by atoms with Gasteiger partial charge in [-0.3, -0.25) is 48.5 Å². The Kier molecular flexibility index (Phi) is 19.9. The molecule has 10 unspecified atom stereocenters. The number of nitrogens with one attached hydrogen (secondary N) is 1. The first-order chi connectivity index (χ1) is 30.5. The van der Waals surface area contributed by atoms with Crippen LogP contribution in [0.15, 0.2) is 49.3 Å². The summed E-state index contributed by atoms with van der Waals surface area (Å²) >= 11 is 0. The largest absolute Gasteiger partial charge is 2.00 e. The number of aliphatic imine (C=N–C) groups is 3. The van der Waals surface area contributed by atoms with E-state index < -0.39 is 98.5 Å². The van der Waals surface area contributed by atoms with Gasteiger partial charge >= 0.3 is 16.8 Å². The zero-order chi connectivity index (χ0) is 49.6. The van der Waals surface area contributed by atoms with Gasteiger partial charge in [-0.25, -0.2) is 0 Å². The van der Waals surface area contributed by atoms with Gasteiger partial charge in [0, 0.05) is 134 Å². The molecule has 0 aromatic rings. The van der Waals surface area contributed by atoms with Gasteiger partial charge in [-0.05, 0) is 75.0 Å². The Hall–Kier alpha value is -4.15. The smallest absolute Gasteiger partial charge is 0.693 e. The fourth-order valence-electron chi connectivity index (χ4n) is 12.0. The molecular weight excluding hydrogens is 1010 g/mol. The first-order valence-corrected chi connectivity index (χ1v) is 22.7. The molecule has 20 nitrogen and oxygen atoms in total. The average Bonchev–Trinajstić information content (AvgIpc) is 3.81. The Bertz CT molecular complexity index is 2310. The monoisotopic (exact) mass is 1080 g/mol. The van der Waals surface area contributed by atoms with E-state index in [4.69, 9.17) is 54.7 Å². The van der Waals surface area contributed by atoms with Gasteiger partial charge in [0.15, 0.2) is 0 Å². The topological polar surface area (TPSA) is 393 Å². The van der Waals surface area contributed by atoms with Gasteiger partial charge in [-0.2, -0.15) is 5.70 Å². The van der Waals surface area contributed by atoms with Crippen molar-refractivity contribution in [2.24, 2.45) is 94.7 Å². The summed E-state index contributed by atoms with van der Waals surface area (Å²) in [5.41, 5.74) is 33.9. The molecule has 5 heterocycles. The third kappa shape index (κ3) is 11.5. The molecule has 0 aromatic heterocycles. The average molecular weight is 1080 g/mol. The maximum atomic E-state index is 14.4. The van der Waals surface area contributed by atoms with Crippen molar-refractivity contribution in [1.29, 1.82) is 0 Å². The maximum Gasteiger partial charge on any atom is 2.00 e. The number of hydrogen-bond donors (Lipinski definition) is 8. The summed E-state index contributed by atoms with van der Waals surface area (Å²) in [5.74, 6) is -7.11. The number of aliphatic hydroxyl groups excluding tert-OH is 1. The number of allylic oxidation sites excluding steroid dienone is 6. The normalized spacial score (nSPS) is 31.1. The van der Waals surface area contributed by atoms with Crippen molar-refractivity contribution in [3.05, 3.63) is 45.8 Å². The molecule has 380 valence electrons. The molecule has 0 aliphatic carbocycles. The standard InChI is InChI=1S/C47H71N11O8.Co.H2N.Y/c1-22(59)21-54-35(65)16-17-44(6)36(42(53)66)41-47(9)46(8,20-34(52)64)27(12-15-32(50)62)38(58-47)24(3)40-45(7,19-33(51)63)25(10-13-30(48)60)28(55-40)18-29-43(4,5)26(11-14-31(49)61)37(56-29)23(2)39(44)57-41;;;/h18,22,25-27,36,41,59H,10-17,19-21H2,1-9H3,(H14,48,49,50,51,52,53,54,55,56,57,58,60,61,62,63,64,65,66);;1H2;/q;+2;-1;/p-1. The van der Waals surface area contributed by atoms with Crippen LogP contribution >= 0.6 is 0 Å². The molecule has 7 amide bonds. The predicted molar refractivity (Wildman–Crippen MR) is 255 cm³/mol. The number of aliphatic hydroxyl groups is 1. The molecule has 1 fully saturated rings. The van der Waals surface area contributed by atoms with E-state index in [1.54, 1.807) is 20.8 Å². The second-order valence-corrected chi connectivity index (χ2v) is 20.7. The third-order valence-electron chi connectivity index (χ3n) is 15.7. The van der Waals surface area contributed by atoms with Crippen molar-refractivity contribution >= 4 is 58.5 Å². The van der Waals surface area contributed by atoms with Crippen LogP contribution in [0.5, 0.6) is 0 Å². The van der Waals surface area contributed by atoms with Gasteiger partial charge in [0.1, 0.15) is 0 Å². The maximum absolute atomic E-state index is 14.4. The number of hydrogen-bond acceptors (Lipinski definition) is 11. The summed E-state index contributed by atoms with van der Waals surface area (Å²) in [6.45, 7) is 16.4. The molecule has 10 atom stereocenters. The van der Waals surface area contributed by atoms with Crippen molar-refractivity contribution in [2.45, 2.75) is 144 Å². The molecular formula is C47H72CoN12O8Y. The van der Waals surface area contributed by atoms with Gasteiger partial charge in [0.25, 0.3) is 0 Å². The van der Waals surface area contributed by atoms with E-state index in [0.717, 1.165) is 0 Å². The van der Waals surface area contributed by atoms with Crippen molar-refractivity contribution in [2.75, 3.05) is 6.54 Å². The van der Waals surface area contributed by atoms with E-state index in [9.17, 15) is 38.7 Å². The Morgan fingerprint density at radius 2 is 1.25 bits per heavy atom. The Morgan fingerprint density at radius 3 is 1.74 bits per heavy atom. The van der Waals surface area contributed by atoms with Crippen LogP contribution < -0.4 is 39.7 Å². The third-order valence-corrected chi connectivity index (χ3v) is 15.7. The van der Waals surface area contributed by atoms with E-state index in [0.29, 0.717) is 45.4 Å². The number of nitrogens with two attached hydrogens (primary N) is 7. The molecule has 0 saturated carbocycles. The van der Waals surface area contributed by atoms with Crippen LogP contribution in [0.1, 0.15) is 127 Å². The fourth-order valence-corrected chi connectivity index (χ4v) is 12.0. The predicted octanol–water partition coefficient (Wildman–Crippen LogP) is 2.84. The Labute approximate surface area is 440 Å². The minimum atomic E-state index is -1.50. The summed E-state index contributed by atoms with van der Waals surface area (Å²) < 4.78 is 0. The van der Waals surface area contributed by atoms with Crippen molar-refractivity contribution in [3.63, 3.8) is 0 Å². The van der Waals surface area contributed by atoms with E-state index in [1.807, 2.05) is 47.6 Å². The number of carbonyl (C=O) groups is 7. The SMILES string of the molecule is CC1=C2N=C(C=C3N=C(C(C)=C4[N-]C(C)(C5N=C1C(C)(CCC(=O)NCC(C)O)C5C(N)=O)C(C)(CC(N)=O)C4CCC(N)=O)C(C)(CC(N)=O)C3CCC(N)=O)C(C)(C)C2CCC(N)=O.[Co+2].[NH2-].[Y]. The summed E-state index contributed by atoms with van der Waals surface area (Å²) in [6.07, 6.45) is 0.893. The van der Waals surface area contributed by atoms with Crippen LogP contribution in [-0.4, -0.2) is 87.8 Å². The van der Waals surface area contributed by atoms with Crippen molar-refractivity contribution in [1.82, 2.24) is 5.32 Å². The molecule has 0 spiro atoms. The van der Waals surface area contributed by atoms with Crippen LogP contribution in [0.3, 0.4) is 0 Å². The molecule has 16 N–H and O–H groups in total. The van der Waals surface area contributed by atoms with Crippen molar-refractivity contribution in [3.8, 4) is 0 Å². The number of nitrogens with zero attached hydrogens (tertiary/aromatic N) is 4. The van der Waals surface area contributed by atoms with E-state index in [1.165, 1.54) is 0 Å². The Balaban J connectivity index is 0.00000544. The van der Waals surface area contributed by atoms with Crippen LogP contribution in [-0.2, 0) is 83.0 Å². The molecule has 1 saturated heterocycles. The fraction of sp³-hybridized carbons (Fsp3) is 0.660. The zero-order valence-electron chi connectivity index (χ0n) is 41.4. The van der Waals surface area contributed by atoms with Gasteiger partial charge < -0.3 is 56.3 Å². The molecule has 5 rings (SSSR count). The molecule has 69 heavy (non-hydrogen) atoms. The molecule has 8 bridgehead atoms. The summed E-state index contributed by atoms with van der Waals surface area (Å²) in [6, 6.07) is -1.11. The zero-order valence-corrected chi connectivity index (χ0v) is 45.2. The number of rotatable bonds is 19. The minimum Gasteiger partial charge on any atom is -0.693 e. The van der Waals surface area contributed by atoms with Gasteiger partial charge in [-0.1, -0.05) is 47.1 Å². The number of fused-ring (bicyclic) bond motifs is 6. The summed E-state index contributed by atoms with van der Waals surface area (Å²) in [7, 11) is 0. The second-order valence-electron chi connectivity index (χ2n) is 20.7. The molecule has 5 aliphatic heterocycles. The molecule has 2 radical (unpaired) electrons. The minimum absolute atomic E-state index is 0. The van der Waals surface area contributed by atoms with Crippen LogP contribution in [0.25, 0.3) is 11.5 Å². The van der Waals surface area contributed by atoms with E-state index >= 15 is 0 Å².